The third-order valence-corrected chi connectivity index (χ3v) is 14.8. The Morgan fingerprint density at radius 3 is 1.71 bits per heavy atom. The number of rotatable bonds is 6. The van der Waals surface area contributed by atoms with E-state index < -0.39 is 16.1 Å². The van der Waals surface area contributed by atoms with Gasteiger partial charge in [-0.25, -0.2) is 15.0 Å². The molecule has 3 nitrogen and oxygen atoms in total. The van der Waals surface area contributed by atoms with E-state index in [1.54, 1.807) is 0 Å². The van der Waals surface area contributed by atoms with Crippen molar-refractivity contribution in [2.45, 2.75) is 58.5 Å². The van der Waals surface area contributed by atoms with Crippen molar-refractivity contribution in [3.63, 3.8) is 0 Å². The van der Waals surface area contributed by atoms with E-state index in [0.717, 1.165) is 22.3 Å². The van der Waals surface area contributed by atoms with Crippen molar-refractivity contribution >= 4 is 37.3 Å². The van der Waals surface area contributed by atoms with Gasteiger partial charge in [-0.1, -0.05) is 179 Å². The number of hydrogen-bond donors (Lipinski definition) is 0. The molecule has 1 aliphatic rings. The first-order valence-corrected chi connectivity index (χ1v) is 25.0. The smallest absolute Gasteiger partial charge is 0.164 e. The van der Waals surface area contributed by atoms with Crippen LogP contribution in [0.15, 0.2) is 127 Å². The molecule has 0 amide bonds. The van der Waals surface area contributed by atoms with Crippen molar-refractivity contribution in [3.8, 4) is 56.4 Å². The fraction of sp³-hybridized carbons (Fsp3) is 0.196. The monoisotopic (exact) mass is 695 g/mol. The summed E-state index contributed by atoms with van der Waals surface area (Å²) in [6.45, 7) is 19.0. The largest absolute Gasteiger partial charge is 0.208 e. The maximum absolute atomic E-state index is 5.24. The van der Waals surface area contributed by atoms with Gasteiger partial charge in [0, 0.05) is 22.1 Å². The molecule has 0 fully saturated rings. The van der Waals surface area contributed by atoms with Gasteiger partial charge in [-0.3, -0.25) is 0 Å². The predicted octanol–water partition coefficient (Wildman–Crippen LogP) is 11.1. The van der Waals surface area contributed by atoms with Crippen LogP contribution in [-0.4, -0.2) is 31.1 Å². The Morgan fingerprint density at radius 1 is 0.412 bits per heavy atom. The standard InChI is InChI=1S/C46H45N3Si2/c1-46(2)40-19-12-11-17-36(40)37-25-22-32(29-41(37)46)31-14-13-15-33(28-31)44-47-43(30-20-23-34(24-21-30)50(3,4)5)48-45(49-44)39-26-27-42(51(6,7)8)38-18-10-9-16-35(38)39/h9-29H,1-8H3. The molecule has 1 aromatic heterocycles. The van der Waals surface area contributed by atoms with Gasteiger partial charge in [0.05, 0.1) is 16.1 Å². The molecule has 0 spiro atoms. The van der Waals surface area contributed by atoms with Crippen LogP contribution in [-0.2, 0) is 5.41 Å². The maximum atomic E-state index is 5.24. The Kier molecular flexibility index (Phi) is 7.85. The van der Waals surface area contributed by atoms with Crippen molar-refractivity contribution in [1.29, 1.82) is 0 Å². The lowest BCUT2D eigenvalue weighted by Crippen LogP contribution is -2.38. The van der Waals surface area contributed by atoms with E-state index in [2.05, 4.69) is 181 Å². The zero-order valence-electron chi connectivity index (χ0n) is 31.0. The van der Waals surface area contributed by atoms with E-state index in [4.69, 9.17) is 15.0 Å². The van der Waals surface area contributed by atoms with Crippen LogP contribution in [0.3, 0.4) is 0 Å². The summed E-state index contributed by atoms with van der Waals surface area (Å²) in [5.41, 5.74) is 10.7. The van der Waals surface area contributed by atoms with Gasteiger partial charge in [-0.2, -0.15) is 0 Å². The number of fused-ring (bicyclic) bond motifs is 4. The molecule has 252 valence electrons. The Bertz CT molecular complexity index is 2470. The van der Waals surface area contributed by atoms with Crippen LogP contribution in [0.4, 0.5) is 0 Å². The van der Waals surface area contributed by atoms with Crippen LogP contribution < -0.4 is 10.4 Å². The van der Waals surface area contributed by atoms with Crippen molar-refractivity contribution in [2.24, 2.45) is 0 Å². The van der Waals surface area contributed by atoms with Crippen molar-refractivity contribution < 1.29 is 0 Å². The minimum atomic E-state index is -1.59. The highest BCUT2D eigenvalue weighted by molar-refractivity contribution is 6.90. The van der Waals surface area contributed by atoms with E-state index in [-0.39, 0.29) is 5.41 Å². The molecule has 0 aliphatic heterocycles. The van der Waals surface area contributed by atoms with Gasteiger partial charge in [0.2, 0.25) is 0 Å². The summed E-state index contributed by atoms with van der Waals surface area (Å²) >= 11 is 0. The maximum Gasteiger partial charge on any atom is 0.164 e. The second kappa shape index (κ2) is 12.1. The summed E-state index contributed by atoms with van der Waals surface area (Å²) in [6.07, 6.45) is 0. The molecule has 1 heterocycles. The van der Waals surface area contributed by atoms with E-state index in [1.807, 2.05) is 0 Å². The second-order valence-electron chi connectivity index (χ2n) is 16.6. The first-order chi connectivity index (χ1) is 24.3. The Labute approximate surface area is 304 Å². The average molecular weight is 696 g/mol. The summed E-state index contributed by atoms with van der Waals surface area (Å²) in [6, 6.07) is 46.6. The molecule has 5 heteroatoms. The Morgan fingerprint density at radius 2 is 0.980 bits per heavy atom. The lowest BCUT2D eigenvalue weighted by Gasteiger charge is -2.22. The predicted molar refractivity (Wildman–Crippen MR) is 223 cm³/mol. The number of aromatic nitrogens is 3. The summed E-state index contributed by atoms with van der Waals surface area (Å²) in [7, 11) is -3.05. The molecule has 6 aromatic carbocycles. The Balaban J connectivity index is 1.28. The zero-order valence-corrected chi connectivity index (χ0v) is 33.0. The molecule has 7 aromatic rings. The normalized spacial score (nSPS) is 13.6. The van der Waals surface area contributed by atoms with Crippen LogP contribution in [0, 0.1) is 0 Å². The third kappa shape index (κ3) is 5.88. The van der Waals surface area contributed by atoms with Crippen molar-refractivity contribution in [2.75, 3.05) is 0 Å². The van der Waals surface area contributed by atoms with Gasteiger partial charge in [-0.05, 0) is 56.3 Å². The highest BCUT2D eigenvalue weighted by Crippen LogP contribution is 2.49. The molecule has 0 radical (unpaired) electrons. The molecule has 0 bridgehead atoms. The molecule has 8 rings (SSSR count). The topological polar surface area (TPSA) is 38.7 Å². The molecule has 0 N–H and O–H groups in total. The summed E-state index contributed by atoms with van der Waals surface area (Å²) in [4.78, 5) is 15.6. The molecule has 0 atom stereocenters. The van der Waals surface area contributed by atoms with Crippen LogP contribution in [0.5, 0.6) is 0 Å². The number of hydrogen-bond acceptors (Lipinski definition) is 3. The van der Waals surface area contributed by atoms with Gasteiger partial charge in [0.1, 0.15) is 0 Å². The number of benzene rings is 6. The molecule has 51 heavy (non-hydrogen) atoms. The van der Waals surface area contributed by atoms with Crippen molar-refractivity contribution in [1.82, 2.24) is 15.0 Å². The highest BCUT2D eigenvalue weighted by atomic mass is 28.3. The average Bonchev–Trinajstić information content (AvgIpc) is 3.36. The second-order valence-corrected chi connectivity index (χ2v) is 26.7. The van der Waals surface area contributed by atoms with Gasteiger partial charge in [0.15, 0.2) is 17.5 Å². The highest BCUT2D eigenvalue weighted by Gasteiger charge is 2.35. The molecule has 0 saturated heterocycles. The fourth-order valence-electron chi connectivity index (χ4n) is 7.74. The molecule has 0 saturated carbocycles. The van der Waals surface area contributed by atoms with E-state index in [0.29, 0.717) is 17.5 Å². The summed E-state index contributed by atoms with van der Waals surface area (Å²) in [5.74, 6) is 2.07. The quantitative estimate of drug-likeness (QED) is 0.163. The van der Waals surface area contributed by atoms with Gasteiger partial charge in [-0.15, -0.1) is 0 Å². The Hall–Kier alpha value is -4.98. The molecular weight excluding hydrogens is 651 g/mol. The van der Waals surface area contributed by atoms with Gasteiger partial charge < -0.3 is 0 Å². The minimum absolute atomic E-state index is 0.0591. The van der Waals surface area contributed by atoms with E-state index in [1.165, 1.54) is 49.0 Å². The van der Waals surface area contributed by atoms with E-state index >= 15 is 0 Å². The van der Waals surface area contributed by atoms with Crippen LogP contribution in [0.1, 0.15) is 25.0 Å². The first kappa shape index (κ1) is 33.2. The van der Waals surface area contributed by atoms with Gasteiger partial charge >= 0.3 is 0 Å². The lowest BCUT2D eigenvalue weighted by molar-refractivity contribution is 0.660. The third-order valence-electron chi connectivity index (χ3n) is 10.7. The van der Waals surface area contributed by atoms with Crippen molar-refractivity contribution in [3.05, 3.63) is 139 Å². The van der Waals surface area contributed by atoms with Crippen LogP contribution in [0.2, 0.25) is 39.3 Å². The molecule has 1 aliphatic carbocycles. The fourth-order valence-corrected chi connectivity index (χ4v) is 10.5. The summed E-state index contributed by atoms with van der Waals surface area (Å²) < 4.78 is 0. The number of nitrogens with zero attached hydrogens (tertiary/aromatic N) is 3. The minimum Gasteiger partial charge on any atom is -0.208 e. The first-order valence-electron chi connectivity index (χ1n) is 18.0. The SMILES string of the molecule is CC1(C)c2ccccc2-c2ccc(-c3cccc(-c4nc(-c5ccc([Si](C)(C)C)cc5)nc(-c5ccc([Si](C)(C)C)c6ccccc56)n4)c3)cc21. The molecule has 0 unspecified atom stereocenters. The molecular formula is C46H45N3Si2. The van der Waals surface area contributed by atoms with Crippen LogP contribution in [0.25, 0.3) is 67.2 Å². The van der Waals surface area contributed by atoms with E-state index in [9.17, 15) is 0 Å². The lowest BCUT2D eigenvalue weighted by atomic mass is 9.81. The van der Waals surface area contributed by atoms with Gasteiger partial charge in [0.25, 0.3) is 0 Å². The van der Waals surface area contributed by atoms with Crippen LogP contribution >= 0.6 is 0 Å². The summed E-state index contributed by atoms with van der Waals surface area (Å²) in [5, 5.41) is 5.35. The zero-order chi connectivity index (χ0) is 35.7.